The fourth-order valence-corrected chi connectivity index (χ4v) is 1.57. The fraction of sp³-hybridized carbons (Fsp3) is 0.714. The maximum Gasteiger partial charge on any atom is 0.242 e. The molecule has 19 heavy (non-hydrogen) atoms. The predicted molar refractivity (Wildman–Crippen MR) is 79.6 cm³/mol. The largest absolute Gasteiger partial charge is 0.476 e. The van der Waals surface area contributed by atoms with Gasteiger partial charge in [0.1, 0.15) is 11.5 Å². The van der Waals surface area contributed by atoms with Gasteiger partial charge >= 0.3 is 0 Å². The molecule has 3 N–H and O–H groups in total. The van der Waals surface area contributed by atoms with Crippen LogP contribution in [0.2, 0.25) is 0 Å². The van der Waals surface area contributed by atoms with Crippen molar-refractivity contribution >= 4 is 11.5 Å². The first-order valence-electron chi connectivity index (χ1n) is 7.11. The molecule has 5 nitrogen and oxygen atoms in total. The van der Waals surface area contributed by atoms with Crippen molar-refractivity contribution < 1.29 is 4.74 Å². The lowest BCUT2D eigenvalue weighted by molar-refractivity contribution is 0.305. The SMILES string of the molecule is CCCOc1nc(CCC)nc(NCC(C)C)c1N. The molecule has 1 rings (SSSR count). The van der Waals surface area contributed by atoms with Crippen LogP contribution < -0.4 is 15.8 Å². The Balaban J connectivity index is 2.94. The van der Waals surface area contributed by atoms with Crippen molar-refractivity contribution in [3.8, 4) is 5.88 Å². The molecule has 1 aromatic rings. The molecule has 0 fully saturated rings. The molecule has 0 aliphatic heterocycles. The molecule has 0 atom stereocenters. The molecule has 0 unspecified atom stereocenters. The number of nitrogens with one attached hydrogen (secondary N) is 1. The zero-order valence-electron chi connectivity index (χ0n) is 12.5. The Morgan fingerprint density at radius 2 is 1.95 bits per heavy atom. The van der Waals surface area contributed by atoms with Crippen molar-refractivity contribution in [1.29, 1.82) is 0 Å². The van der Waals surface area contributed by atoms with Crippen LogP contribution in [0, 0.1) is 5.92 Å². The summed E-state index contributed by atoms with van der Waals surface area (Å²) in [5.41, 5.74) is 6.57. The lowest BCUT2D eigenvalue weighted by Gasteiger charge is -2.14. The van der Waals surface area contributed by atoms with Crippen LogP contribution in [-0.4, -0.2) is 23.1 Å². The second kappa shape index (κ2) is 7.81. The Labute approximate surface area is 116 Å². The highest BCUT2D eigenvalue weighted by Gasteiger charge is 2.12. The summed E-state index contributed by atoms with van der Waals surface area (Å²) < 4.78 is 5.60. The minimum Gasteiger partial charge on any atom is -0.476 e. The standard InChI is InChI=1S/C14H26N4O/c1-5-7-11-17-13(16-9-10(3)4)12(15)14(18-11)19-8-6-2/h10H,5-9,15H2,1-4H3,(H,16,17,18). The van der Waals surface area contributed by atoms with Crippen LogP contribution in [0.15, 0.2) is 0 Å². The number of ether oxygens (including phenoxy) is 1. The molecule has 1 heterocycles. The van der Waals surface area contributed by atoms with Gasteiger partial charge in [-0.25, -0.2) is 4.98 Å². The smallest absolute Gasteiger partial charge is 0.242 e. The topological polar surface area (TPSA) is 73.1 Å². The van der Waals surface area contributed by atoms with Crippen molar-refractivity contribution in [2.45, 2.75) is 47.0 Å². The van der Waals surface area contributed by atoms with Crippen LogP contribution >= 0.6 is 0 Å². The number of aryl methyl sites for hydroxylation is 1. The maximum atomic E-state index is 6.06. The molecule has 108 valence electrons. The van der Waals surface area contributed by atoms with E-state index in [0.29, 0.717) is 29.9 Å². The Kier molecular flexibility index (Phi) is 6.39. The van der Waals surface area contributed by atoms with Crippen LogP contribution in [0.1, 0.15) is 46.4 Å². The molecular formula is C14H26N4O. The summed E-state index contributed by atoms with van der Waals surface area (Å²) in [6, 6.07) is 0. The van der Waals surface area contributed by atoms with Crippen LogP contribution in [0.25, 0.3) is 0 Å². The van der Waals surface area contributed by atoms with Gasteiger partial charge in [-0.1, -0.05) is 27.7 Å². The van der Waals surface area contributed by atoms with E-state index in [2.05, 4.69) is 43.0 Å². The van der Waals surface area contributed by atoms with E-state index in [-0.39, 0.29) is 0 Å². The molecule has 0 aliphatic carbocycles. The number of rotatable bonds is 8. The molecule has 0 aliphatic rings. The fourth-order valence-electron chi connectivity index (χ4n) is 1.57. The third-order valence-electron chi connectivity index (χ3n) is 2.55. The molecule has 0 radical (unpaired) electrons. The molecule has 5 heteroatoms. The highest BCUT2D eigenvalue weighted by atomic mass is 16.5. The first-order chi connectivity index (χ1) is 9.08. The second-order valence-corrected chi connectivity index (χ2v) is 5.08. The summed E-state index contributed by atoms with van der Waals surface area (Å²) in [7, 11) is 0. The second-order valence-electron chi connectivity index (χ2n) is 5.08. The normalized spacial score (nSPS) is 10.8. The van der Waals surface area contributed by atoms with Gasteiger partial charge in [-0.05, 0) is 18.8 Å². The summed E-state index contributed by atoms with van der Waals surface area (Å²) in [5.74, 6) is 2.52. The van der Waals surface area contributed by atoms with Gasteiger partial charge in [0.15, 0.2) is 5.82 Å². The first kappa shape index (κ1) is 15.5. The number of aromatic nitrogens is 2. The minimum absolute atomic E-state index is 0.506. The Bertz CT molecular complexity index is 393. The summed E-state index contributed by atoms with van der Waals surface area (Å²) in [6.07, 6.45) is 2.77. The van der Waals surface area contributed by atoms with Crippen molar-refractivity contribution in [2.75, 3.05) is 24.2 Å². The van der Waals surface area contributed by atoms with Gasteiger partial charge in [0.25, 0.3) is 0 Å². The van der Waals surface area contributed by atoms with Gasteiger partial charge in [-0.2, -0.15) is 4.98 Å². The minimum atomic E-state index is 0.506. The average molecular weight is 266 g/mol. The molecule has 1 aromatic heterocycles. The Hall–Kier alpha value is -1.52. The van der Waals surface area contributed by atoms with Crippen LogP contribution in [0.4, 0.5) is 11.5 Å². The number of anilines is 2. The monoisotopic (exact) mass is 266 g/mol. The number of hydrogen-bond acceptors (Lipinski definition) is 5. The molecule has 0 bridgehead atoms. The quantitative estimate of drug-likeness (QED) is 0.757. The van der Waals surface area contributed by atoms with E-state index in [0.717, 1.165) is 31.6 Å². The van der Waals surface area contributed by atoms with E-state index in [1.807, 2.05) is 0 Å². The van der Waals surface area contributed by atoms with Gasteiger partial charge in [0, 0.05) is 13.0 Å². The third-order valence-corrected chi connectivity index (χ3v) is 2.55. The number of nitrogens with two attached hydrogens (primary N) is 1. The Morgan fingerprint density at radius 3 is 2.53 bits per heavy atom. The summed E-state index contributed by atoms with van der Waals surface area (Å²) >= 11 is 0. The first-order valence-corrected chi connectivity index (χ1v) is 7.11. The van der Waals surface area contributed by atoms with Crippen molar-refractivity contribution in [1.82, 2.24) is 9.97 Å². The van der Waals surface area contributed by atoms with Gasteiger partial charge in [-0.3, -0.25) is 0 Å². The van der Waals surface area contributed by atoms with Gasteiger partial charge < -0.3 is 15.8 Å². The Morgan fingerprint density at radius 1 is 1.21 bits per heavy atom. The number of nitrogens with zero attached hydrogens (tertiary/aromatic N) is 2. The predicted octanol–water partition coefficient (Wildman–Crippen LogP) is 2.87. The third kappa shape index (κ3) is 4.93. The number of hydrogen-bond donors (Lipinski definition) is 2. The maximum absolute atomic E-state index is 6.06. The number of nitrogen functional groups attached to an aromatic ring is 1. The van der Waals surface area contributed by atoms with Crippen molar-refractivity contribution in [2.24, 2.45) is 5.92 Å². The van der Waals surface area contributed by atoms with E-state index >= 15 is 0 Å². The molecule has 0 spiro atoms. The van der Waals surface area contributed by atoms with Crippen molar-refractivity contribution in [3.05, 3.63) is 5.82 Å². The van der Waals surface area contributed by atoms with Crippen LogP contribution in [-0.2, 0) is 6.42 Å². The highest BCUT2D eigenvalue weighted by molar-refractivity contribution is 5.66. The molecule has 0 saturated carbocycles. The summed E-state index contributed by atoms with van der Waals surface area (Å²) in [5, 5.41) is 3.27. The van der Waals surface area contributed by atoms with E-state index in [1.54, 1.807) is 0 Å². The van der Waals surface area contributed by atoms with Gasteiger partial charge in [-0.15, -0.1) is 0 Å². The average Bonchev–Trinajstić information content (AvgIpc) is 2.37. The van der Waals surface area contributed by atoms with E-state index in [4.69, 9.17) is 10.5 Å². The molecule has 0 saturated heterocycles. The van der Waals surface area contributed by atoms with Crippen LogP contribution in [0.5, 0.6) is 5.88 Å². The highest BCUT2D eigenvalue weighted by Crippen LogP contribution is 2.26. The zero-order chi connectivity index (χ0) is 14.3. The molecule has 0 aromatic carbocycles. The lowest BCUT2D eigenvalue weighted by atomic mass is 10.2. The van der Waals surface area contributed by atoms with Gasteiger partial charge in [0.05, 0.1) is 6.61 Å². The van der Waals surface area contributed by atoms with Gasteiger partial charge in [0.2, 0.25) is 5.88 Å². The van der Waals surface area contributed by atoms with E-state index in [9.17, 15) is 0 Å². The van der Waals surface area contributed by atoms with Crippen LogP contribution in [0.3, 0.4) is 0 Å². The van der Waals surface area contributed by atoms with E-state index in [1.165, 1.54) is 0 Å². The molecular weight excluding hydrogens is 240 g/mol. The van der Waals surface area contributed by atoms with Crippen molar-refractivity contribution in [3.63, 3.8) is 0 Å². The summed E-state index contributed by atoms with van der Waals surface area (Å²) in [4.78, 5) is 8.86. The zero-order valence-corrected chi connectivity index (χ0v) is 12.5. The molecule has 0 amide bonds. The summed E-state index contributed by atoms with van der Waals surface area (Å²) in [6.45, 7) is 9.91. The van der Waals surface area contributed by atoms with E-state index < -0.39 is 0 Å². The lowest BCUT2D eigenvalue weighted by Crippen LogP contribution is -2.14.